The molecule has 0 aromatic heterocycles. The molecule has 0 radical (unpaired) electrons. The zero-order valence-electron chi connectivity index (χ0n) is 4.49. The molecule has 32 valence electrons. The molecule has 0 heterocycles. The molecule has 0 fully saturated rings. The third kappa shape index (κ3) is 1.88. The molecular weight excluding hydrogens is 161 g/mol. The van der Waals surface area contributed by atoms with Gasteiger partial charge < -0.3 is 0 Å². The summed E-state index contributed by atoms with van der Waals surface area (Å²) in [4.78, 5) is 0. The molecule has 0 aromatic rings. The largest absolute Gasteiger partial charge is 3.00 e. The monoisotopic (exact) mass is 168 g/mol. The van der Waals surface area contributed by atoms with Gasteiger partial charge in [0, 0.05) is 0 Å². The molecule has 0 atom stereocenters. The van der Waals surface area contributed by atoms with Crippen molar-refractivity contribution in [3.63, 3.8) is 0 Å². The quantitative estimate of drug-likeness (QED) is 0.483. The van der Waals surface area contributed by atoms with E-state index in [9.17, 15) is 0 Å². The Morgan fingerprint density at radius 1 is 1.71 bits per heavy atom. The second-order valence-corrected chi connectivity index (χ2v) is 1.69. The third-order valence-corrected chi connectivity index (χ3v) is 0.869. The van der Waals surface area contributed by atoms with Crippen molar-refractivity contribution in [2.24, 2.45) is 0 Å². The molecule has 0 N–H and O–H groups in total. The van der Waals surface area contributed by atoms with Crippen molar-refractivity contribution in [1.29, 1.82) is 0 Å². The van der Waals surface area contributed by atoms with Crippen molar-refractivity contribution in [3.8, 4) is 0 Å². The van der Waals surface area contributed by atoms with Crippen LogP contribution in [0.1, 0.15) is 13.3 Å². The smallest absolute Gasteiger partial charge is 0.248 e. The Balaban J connectivity index is 0.000000360. The van der Waals surface area contributed by atoms with Crippen LogP contribution in [0.2, 0.25) is 0 Å². The topological polar surface area (TPSA) is 0 Å². The van der Waals surface area contributed by atoms with Crippen molar-refractivity contribution < 1.29 is 32.7 Å². The fraction of sp³-hybridized carbons (Fsp3) is 0.333. The second kappa shape index (κ2) is 2.79. The van der Waals surface area contributed by atoms with E-state index in [2.05, 4.69) is 19.6 Å². The summed E-state index contributed by atoms with van der Waals surface area (Å²) in [6.07, 6.45) is 4.11. The van der Waals surface area contributed by atoms with Gasteiger partial charge in [-0.1, -0.05) is 13.3 Å². The van der Waals surface area contributed by atoms with Gasteiger partial charge >= 0.3 is 32.7 Å². The van der Waals surface area contributed by atoms with Crippen LogP contribution in [0, 0.1) is 6.08 Å². The zero-order chi connectivity index (χ0) is 4.57. The Bertz CT molecular complexity index is 111. The van der Waals surface area contributed by atoms with E-state index in [-0.39, 0.29) is 32.7 Å². The zero-order valence-corrected chi connectivity index (χ0v) is 7.33. The van der Waals surface area contributed by atoms with Crippen LogP contribution in [-0.4, -0.2) is 0 Å². The fourth-order valence-electron chi connectivity index (χ4n) is 0.604. The summed E-state index contributed by atoms with van der Waals surface area (Å²) in [5.41, 5.74) is 2.48. The molecule has 0 aromatic carbocycles. The minimum atomic E-state index is 0. The first-order valence-corrected chi connectivity index (χ1v) is 2.06. The van der Waals surface area contributed by atoms with E-state index in [0.29, 0.717) is 0 Å². The predicted molar refractivity (Wildman–Crippen MR) is 26.2 cm³/mol. The minimum absolute atomic E-state index is 0. The first kappa shape index (κ1) is 7.58. The minimum Gasteiger partial charge on any atom is -0.248 e. The van der Waals surface area contributed by atoms with E-state index in [1.807, 2.05) is 0 Å². The number of hydrogen-bond donors (Lipinski definition) is 0. The predicted octanol–water partition coefficient (Wildman–Crippen LogP) is 1.69. The van der Waals surface area contributed by atoms with Crippen molar-refractivity contribution >= 4 is 0 Å². The van der Waals surface area contributed by atoms with E-state index in [0.717, 1.165) is 12.0 Å². The summed E-state index contributed by atoms with van der Waals surface area (Å²) in [7, 11) is 0. The maximum atomic E-state index is 3.68. The van der Waals surface area contributed by atoms with E-state index in [4.69, 9.17) is 0 Å². The van der Waals surface area contributed by atoms with Crippen LogP contribution in [0.3, 0.4) is 0 Å². The maximum absolute atomic E-state index is 3.68. The van der Waals surface area contributed by atoms with Crippen molar-refractivity contribution in [2.45, 2.75) is 13.3 Å². The third-order valence-electron chi connectivity index (χ3n) is 0.869. The van der Waals surface area contributed by atoms with Gasteiger partial charge in [0.15, 0.2) is 0 Å². The molecule has 0 spiro atoms. The Labute approximate surface area is 69.6 Å². The molecule has 1 aliphatic rings. The fourth-order valence-corrected chi connectivity index (χ4v) is 0.604. The summed E-state index contributed by atoms with van der Waals surface area (Å²) < 4.78 is 0. The summed E-state index contributed by atoms with van der Waals surface area (Å²) in [5.74, 6) is 0. The van der Waals surface area contributed by atoms with Crippen LogP contribution in [0.25, 0.3) is 0 Å². The standard InChI is InChI=1S/C6H7.Y/c1-5-3-6(2)4-5;/h1,3H2,2H3;/q-1;+3. The second-order valence-electron chi connectivity index (χ2n) is 1.69. The van der Waals surface area contributed by atoms with Gasteiger partial charge in [-0.25, -0.2) is 18.2 Å². The Morgan fingerprint density at radius 2 is 2.14 bits per heavy atom. The van der Waals surface area contributed by atoms with Crippen LogP contribution in [-0.2, 0) is 32.7 Å². The summed E-state index contributed by atoms with van der Waals surface area (Å²) in [6, 6.07) is 0. The molecule has 0 amide bonds. The molecular formula is C6H7Y+2. The summed E-state index contributed by atoms with van der Waals surface area (Å²) >= 11 is 0. The Morgan fingerprint density at radius 3 is 2.14 bits per heavy atom. The van der Waals surface area contributed by atoms with Crippen LogP contribution in [0.4, 0.5) is 0 Å². The van der Waals surface area contributed by atoms with Gasteiger partial charge in [-0.2, -0.15) is 5.57 Å². The Kier molecular flexibility index (Phi) is 3.02. The normalized spacial score (nSPS) is 16.7. The molecule has 7 heavy (non-hydrogen) atoms. The van der Waals surface area contributed by atoms with Gasteiger partial charge in [-0.05, 0) is 0 Å². The molecule has 1 aliphatic carbocycles. The molecule has 1 rings (SSSR count). The average molecular weight is 168 g/mol. The average Bonchev–Trinajstić information content (AvgIpc) is 1.33. The Hall–Kier alpha value is 0.584. The first-order valence-electron chi connectivity index (χ1n) is 2.06. The van der Waals surface area contributed by atoms with Crippen LogP contribution < -0.4 is 0 Å². The molecule has 0 saturated heterocycles. The van der Waals surface area contributed by atoms with Gasteiger partial charge in [0.05, 0.1) is 0 Å². The van der Waals surface area contributed by atoms with Crippen LogP contribution in [0.5, 0.6) is 0 Å². The molecule has 1 heteroatoms. The van der Waals surface area contributed by atoms with E-state index in [1.165, 1.54) is 5.57 Å². The van der Waals surface area contributed by atoms with Crippen molar-refractivity contribution in [3.05, 3.63) is 23.8 Å². The van der Waals surface area contributed by atoms with Gasteiger partial charge in [-0.3, -0.25) is 0 Å². The SMILES string of the molecule is C=C1[C-]=C(C)C1.[Y+3]. The first-order chi connectivity index (χ1) is 2.79. The van der Waals surface area contributed by atoms with Gasteiger partial charge in [-0.15, -0.1) is 0 Å². The summed E-state index contributed by atoms with van der Waals surface area (Å²) in [6.45, 7) is 5.74. The van der Waals surface area contributed by atoms with E-state index >= 15 is 0 Å². The molecule has 0 nitrogen and oxygen atoms in total. The number of rotatable bonds is 0. The van der Waals surface area contributed by atoms with Crippen LogP contribution in [0.15, 0.2) is 17.7 Å². The molecule has 0 saturated carbocycles. The van der Waals surface area contributed by atoms with Crippen LogP contribution >= 0.6 is 0 Å². The molecule has 0 bridgehead atoms. The number of allylic oxidation sites excluding steroid dienone is 3. The van der Waals surface area contributed by atoms with Gasteiger partial charge in [0.1, 0.15) is 0 Å². The maximum Gasteiger partial charge on any atom is 3.00 e. The van der Waals surface area contributed by atoms with Crippen molar-refractivity contribution in [1.82, 2.24) is 0 Å². The van der Waals surface area contributed by atoms with Gasteiger partial charge in [0.2, 0.25) is 0 Å². The van der Waals surface area contributed by atoms with E-state index in [1.54, 1.807) is 0 Å². The van der Waals surface area contributed by atoms with Gasteiger partial charge in [0.25, 0.3) is 0 Å². The molecule has 0 aliphatic heterocycles. The van der Waals surface area contributed by atoms with E-state index < -0.39 is 0 Å². The number of hydrogen-bond acceptors (Lipinski definition) is 0. The molecule has 0 unspecified atom stereocenters. The summed E-state index contributed by atoms with van der Waals surface area (Å²) in [5, 5.41) is 0. The van der Waals surface area contributed by atoms with Crippen molar-refractivity contribution in [2.75, 3.05) is 0 Å².